The molecule has 0 heterocycles. The molecule has 9 heteroatoms. The van der Waals surface area contributed by atoms with E-state index in [0.717, 1.165) is 27.8 Å². The predicted molar refractivity (Wildman–Crippen MR) is 109 cm³/mol. The maximum Gasteiger partial charge on any atom is 0.271 e. The van der Waals surface area contributed by atoms with Crippen molar-refractivity contribution >= 4 is 33.0 Å². The highest BCUT2D eigenvalue weighted by Gasteiger charge is 2.31. The number of aryl methyl sites for hydroxylation is 3. The third-order valence-corrected chi connectivity index (χ3v) is 5.61. The van der Waals surface area contributed by atoms with Crippen molar-refractivity contribution in [2.24, 2.45) is 0 Å². The topological polar surface area (TPSA) is 110 Å². The van der Waals surface area contributed by atoms with Crippen molar-refractivity contribution in [3.05, 3.63) is 63.2 Å². The average Bonchev–Trinajstić information content (AvgIpc) is 2.58. The van der Waals surface area contributed by atoms with Crippen LogP contribution in [0.2, 0.25) is 0 Å². The number of amides is 1. The molecule has 2 rings (SSSR count). The SMILES string of the molecule is Cc1ccc(C)c(NC(=O)[C@H](C)N(c2cc([N+](=O)[O-])ccc2C)S(C)(=O)=O)c1. The maximum atomic E-state index is 12.8. The standard InChI is InChI=1S/C19H23N3O5S/c1-12-6-7-13(2)17(10-12)20-19(23)15(4)21(28(5,26)27)18-11-16(22(24)25)9-8-14(18)3/h6-11,15H,1-5H3,(H,20,23)/t15-/m0/s1. The summed E-state index contributed by atoms with van der Waals surface area (Å²) in [5.41, 5.74) is 2.71. The first kappa shape index (κ1) is 21.4. The Morgan fingerprint density at radius 2 is 1.71 bits per heavy atom. The maximum absolute atomic E-state index is 12.8. The summed E-state index contributed by atoms with van der Waals surface area (Å²) in [4.78, 5) is 23.3. The van der Waals surface area contributed by atoms with Crippen molar-refractivity contribution in [2.75, 3.05) is 15.9 Å². The fourth-order valence-electron chi connectivity index (χ4n) is 2.84. The van der Waals surface area contributed by atoms with Gasteiger partial charge in [-0.2, -0.15) is 0 Å². The fraction of sp³-hybridized carbons (Fsp3) is 0.316. The first-order valence-electron chi connectivity index (χ1n) is 8.54. The molecule has 1 N–H and O–H groups in total. The van der Waals surface area contributed by atoms with Crippen LogP contribution in [0.25, 0.3) is 0 Å². The first-order chi connectivity index (χ1) is 12.9. The zero-order chi connectivity index (χ0) is 21.2. The van der Waals surface area contributed by atoms with Gasteiger partial charge >= 0.3 is 0 Å². The largest absolute Gasteiger partial charge is 0.324 e. The Morgan fingerprint density at radius 1 is 1.11 bits per heavy atom. The minimum absolute atomic E-state index is 0.0975. The number of hydrogen-bond acceptors (Lipinski definition) is 5. The van der Waals surface area contributed by atoms with E-state index in [4.69, 9.17) is 0 Å². The van der Waals surface area contributed by atoms with Gasteiger partial charge in [-0.3, -0.25) is 19.2 Å². The molecule has 0 fully saturated rings. The Hall–Kier alpha value is -2.94. The van der Waals surface area contributed by atoms with Gasteiger partial charge in [0.2, 0.25) is 15.9 Å². The number of nitrogens with one attached hydrogen (secondary N) is 1. The van der Waals surface area contributed by atoms with Gasteiger partial charge in [-0.15, -0.1) is 0 Å². The van der Waals surface area contributed by atoms with Gasteiger partial charge in [0.25, 0.3) is 5.69 Å². The second-order valence-corrected chi connectivity index (χ2v) is 8.63. The zero-order valence-corrected chi connectivity index (χ0v) is 17.2. The highest BCUT2D eigenvalue weighted by atomic mass is 32.2. The molecule has 0 spiro atoms. The number of benzene rings is 2. The molecule has 0 radical (unpaired) electrons. The number of nitrogens with zero attached hydrogens (tertiary/aromatic N) is 2. The molecule has 28 heavy (non-hydrogen) atoms. The van der Waals surface area contributed by atoms with E-state index < -0.39 is 26.9 Å². The summed E-state index contributed by atoms with van der Waals surface area (Å²) in [6.07, 6.45) is 0.965. The van der Waals surface area contributed by atoms with Gasteiger partial charge in [0.1, 0.15) is 6.04 Å². The average molecular weight is 405 g/mol. The molecule has 0 bridgehead atoms. The molecule has 0 aliphatic rings. The van der Waals surface area contributed by atoms with Crippen LogP contribution in [0.4, 0.5) is 17.1 Å². The van der Waals surface area contributed by atoms with Gasteiger partial charge in [0.05, 0.1) is 16.9 Å². The number of hydrogen-bond donors (Lipinski definition) is 1. The summed E-state index contributed by atoms with van der Waals surface area (Å²) in [5.74, 6) is -0.537. The lowest BCUT2D eigenvalue weighted by Gasteiger charge is -2.29. The number of carbonyl (C=O) groups is 1. The monoisotopic (exact) mass is 405 g/mol. The van der Waals surface area contributed by atoms with Crippen LogP contribution in [-0.4, -0.2) is 31.5 Å². The molecule has 8 nitrogen and oxygen atoms in total. The highest BCUT2D eigenvalue weighted by Crippen LogP contribution is 2.29. The lowest BCUT2D eigenvalue weighted by molar-refractivity contribution is -0.384. The number of non-ortho nitro benzene ring substituents is 1. The molecule has 0 aliphatic heterocycles. The second kappa shape index (κ2) is 7.97. The van der Waals surface area contributed by atoms with Crippen LogP contribution in [0.3, 0.4) is 0 Å². The van der Waals surface area contributed by atoms with Crippen LogP contribution in [-0.2, 0) is 14.8 Å². The third-order valence-electron chi connectivity index (χ3n) is 4.38. The number of nitro groups is 1. The summed E-state index contributed by atoms with van der Waals surface area (Å²) in [6, 6.07) is 8.36. The van der Waals surface area contributed by atoms with Gasteiger partial charge in [-0.1, -0.05) is 18.2 Å². The molecule has 0 aromatic heterocycles. The summed E-state index contributed by atoms with van der Waals surface area (Å²) in [5, 5.41) is 13.9. The van der Waals surface area contributed by atoms with Gasteiger partial charge in [0, 0.05) is 17.8 Å². The molecule has 0 unspecified atom stereocenters. The van der Waals surface area contributed by atoms with Gasteiger partial charge in [0.15, 0.2) is 0 Å². The Morgan fingerprint density at radius 3 is 2.29 bits per heavy atom. The molecular weight excluding hydrogens is 382 g/mol. The molecule has 0 aliphatic carbocycles. The molecule has 150 valence electrons. The van der Waals surface area contributed by atoms with Gasteiger partial charge in [-0.05, 0) is 50.5 Å². The molecule has 0 saturated carbocycles. The number of sulfonamides is 1. The van der Waals surface area contributed by atoms with E-state index in [9.17, 15) is 23.3 Å². The van der Waals surface area contributed by atoms with E-state index in [1.54, 1.807) is 13.0 Å². The van der Waals surface area contributed by atoms with E-state index in [2.05, 4.69) is 5.32 Å². The normalized spacial score (nSPS) is 12.3. The lowest BCUT2D eigenvalue weighted by Crippen LogP contribution is -2.45. The van der Waals surface area contributed by atoms with Crippen molar-refractivity contribution in [3.8, 4) is 0 Å². The zero-order valence-electron chi connectivity index (χ0n) is 16.4. The van der Waals surface area contributed by atoms with E-state index >= 15 is 0 Å². The van der Waals surface area contributed by atoms with Crippen molar-refractivity contribution in [1.82, 2.24) is 0 Å². The van der Waals surface area contributed by atoms with Gasteiger partial charge < -0.3 is 5.32 Å². The van der Waals surface area contributed by atoms with Crippen LogP contribution in [0, 0.1) is 30.9 Å². The molecule has 1 atom stereocenters. The summed E-state index contributed by atoms with van der Waals surface area (Å²) in [7, 11) is -3.89. The molecule has 2 aromatic rings. The smallest absolute Gasteiger partial charge is 0.271 e. The number of nitro benzene ring substituents is 1. The Bertz CT molecular complexity index is 1030. The van der Waals surface area contributed by atoms with E-state index in [1.807, 2.05) is 26.0 Å². The Labute approximate surface area is 164 Å². The molecule has 2 aromatic carbocycles. The Kier molecular flexibility index (Phi) is 6.08. The molecule has 0 saturated heterocycles. The van der Waals surface area contributed by atoms with Crippen molar-refractivity contribution in [3.63, 3.8) is 0 Å². The summed E-state index contributed by atoms with van der Waals surface area (Å²) in [6.45, 7) is 6.79. The van der Waals surface area contributed by atoms with Gasteiger partial charge in [-0.25, -0.2) is 8.42 Å². The predicted octanol–water partition coefficient (Wildman–Crippen LogP) is 3.31. The molecular formula is C19H23N3O5S. The number of anilines is 2. The summed E-state index contributed by atoms with van der Waals surface area (Å²) >= 11 is 0. The lowest BCUT2D eigenvalue weighted by atomic mass is 10.1. The minimum atomic E-state index is -3.89. The van der Waals surface area contributed by atoms with E-state index in [1.165, 1.54) is 19.1 Å². The van der Waals surface area contributed by atoms with Crippen LogP contribution in [0.15, 0.2) is 36.4 Å². The van der Waals surface area contributed by atoms with Crippen LogP contribution in [0.1, 0.15) is 23.6 Å². The Balaban J connectivity index is 2.46. The molecule has 1 amide bonds. The van der Waals surface area contributed by atoms with Crippen LogP contribution < -0.4 is 9.62 Å². The third kappa shape index (κ3) is 4.66. The van der Waals surface area contributed by atoms with Crippen molar-refractivity contribution in [2.45, 2.75) is 33.7 Å². The number of rotatable bonds is 6. The van der Waals surface area contributed by atoms with E-state index in [-0.39, 0.29) is 11.4 Å². The fourth-order valence-corrected chi connectivity index (χ4v) is 4.06. The quantitative estimate of drug-likeness (QED) is 0.586. The number of carbonyl (C=O) groups excluding carboxylic acids is 1. The van der Waals surface area contributed by atoms with Crippen molar-refractivity contribution < 1.29 is 18.1 Å². The van der Waals surface area contributed by atoms with E-state index in [0.29, 0.717) is 11.3 Å². The second-order valence-electron chi connectivity index (χ2n) is 6.77. The minimum Gasteiger partial charge on any atom is -0.324 e. The van der Waals surface area contributed by atoms with Crippen LogP contribution >= 0.6 is 0 Å². The highest BCUT2D eigenvalue weighted by molar-refractivity contribution is 7.92. The van der Waals surface area contributed by atoms with Crippen LogP contribution in [0.5, 0.6) is 0 Å². The van der Waals surface area contributed by atoms with Crippen molar-refractivity contribution in [1.29, 1.82) is 0 Å². The summed E-state index contributed by atoms with van der Waals surface area (Å²) < 4.78 is 25.8. The first-order valence-corrected chi connectivity index (χ1v) is 10.4.